The second kappa shape index (κ2) is 9.22. The van der Waals surface area contributed by atoms with Crippen molar-refractivity contribution in [3.8, 4) is 0 Å². The van der Waals surface area contributed by atoms with Crippen molar-refractivity contribution in [1.82, 2.24) is 10.3 Å². The molecule has 1 heterocycles. The molecule has 1 saturated carbocycles. The lowest BCUT2D eigenvalue weighted by Gasteiger charge is -2.29. The fourth-order valence-corrected chi connectivity index (χ4v) is 4.24. The number of para-hydroxylation sites is 1. The minimum atomic E-state index is -0.0811. The second-order valence-electron chi connectivity index (χ2n) is 8.55. The highest BCUT2D eigenvalue weighted by molar-refractivity contribution is 5.91. The minimum absolute atomic E-state index is 0.0811. The highest BCUT2D eigenvalue weighted by Crippen LogP contribution is 2.34. The van der Waals surface area contributed by atoms with Crippen molar-refractivity contribution in [2.45, 2.75) is 77.2 Å². The normalized spacial score (nSPS) is 19.6. The van der Waals surface area contributed by atoms with E-state index in [4.69, 9.17) is 0 Å². The summed E-state index contributed by atoms with van der Waals surface area (Å²) in [6.07, 6.45) is 7.98. The molecule has 28 heavy (non-hydrogen) atoms. The van der Waals surface area contributed by atoms with E-state index in [-0.39, 0.29) is 12.1 Å². The molecule has 0 bridgehead atoms. The Kier molecular flexibility index (Phi) is 6.71. The standard InChI is InChI=1S/C24H33N3O/c1-16(2)21-6-5-7-22(17(3)4)23(21)27-24(28)26-20-10-8-18(9-11-20)19-12-14-25-15-13-19/h5-7,12-18,20H,8-11H2,1-4H3,(H2,26,27,28). The molecular formula is C24H33N3O. The molecule has 2 aromatic rings. The second-order valence-corrected chi connectivity index (χ2v) is 8.55. The largest absolute Gasteiger partial charge is 0.335 e. The van der Waals surface area contributed by atoms with Crippen LogP contribution in [0.4, 0.5) is 10.5 Å². The Balaban J connectivity index is 1.61. The number of anilines is 1. The van der Waals surface area contributed by atoms with Gasteiger partial charge < -0.3 is 10.6 Å². The van der Waals surface area contributed by atoms with Gasteiger partial charge in [0.25, 0.3) is 0 Å². The van der Waals surface area contributed by atoms with Crippen LogP contribution in [0.3, 0.4) is 0 Å². The third kappa shape index (κ3) is 4.92. The molecule has 2 amide bonds. The Hall–Kier alpha value is -2.36. The summed E-state index contributed by atoms with van der Waals surface area (Å²) in [5, 5.41) is 6.38. The van der Waals surface area contributed by atoms with E-state index in [1.807, 2.05) is 12.4 Å². The van der Waals surface area contributed by atoms with E-state index in [9.17, 15) is 4.79 Å². The first-order chi connectivity index (χ1) is 13.5. The van der Waals surface area contributed by atoms with Crippen LogP contribution in [0.2, 0.25) is 0 Å². The van der Waals surface area contributed by atoms with Crippen LogP contribution >= 0.6 is 0 Å². The van der Waals surface area contributed by atoms with E-state index < -0.39 is 0 Å². The predicted molar refractivity (Wildman–Crippen MR) is 116 cm³/mol. The third-order valence-corrected chi connectivity index (χ3v) is 5.85. The monoisotopic (exact) mass is 379 g/mol. The average molecular weight is 380 g/mol. The first-order valence-electron chi connectivity index (χ1n) is 10.6. The van der Waals surface area contributed by atoms with Gasteiger partial charge in [0.15, 0.2) is 0 Å². The molecule has 0 radical (unpaired) electrons. The van der Waals surface area contributed by atoms with Crippen LogP contribution in [0.5, 0.6) is 0 Å². The van der Waals surface area contributed by atoms with Crippen LogP contribution in [0.25, 0.3) is 0 Å². The molecule has 1 aromatic heterocycles. The van der Waals surface area contributed by atoms with Crippen molar-refractivity contribution in [1.29, 1.82) is 0 Å². The van der Waals surface area contributed by atoms with Gasteiger partial charge in [-0.3, -0.25) is 4.98 Å². The van der Waals surface area contributed by atoms with Crippen molar-refractivity contribution in [2.75, 3.05) is 5.32 Å². The summed E-state index contributed by atoms with van der Waals surface area (Å²) in [4.78, 5) is 16.9. The van der Waals surface area contributed by atoms with Gasteiger partial charge in [0.2, 0.25) is 0 Å². The number of nitrogens with zero attached hydrogens (tertiary/aromatic N) is 1. The predicted octanol–water partition coefficient (Wildman–Crippen LogP) is 6.18. The van der Waals surface area contributed by atoms with Gasteiger partial charge in [0.1, 0.15) is 0 Å². The summed E-state index contributed by atoms with van der Waals surface area (Å²) in [5.74, 6) is 1.31. The summed E-state index contributed by atoms with van der Waals surface area (Å²) in [5.41, 5.74) is 4.74. The van der Waals surface area contributed by atoms with Crippen molar-refractivity contribution < 1.29 is 4.79 Å². The SMILES string of the molecule is CC(C)c1cccc(C(C)C)c1NC(=O)NC1CCC(c2ccncc2)CC1. The van der Waals surface area contributed by atoms with Crippen LogP contribution in [-0.4, -0.2) is 17.1 Å². The fraction of sp³-hybridized carbons (Fsp3) is 0.500. The number of carbonyl (C=O) groups is 1. The van der Waals surface area contributed by atoms with E-state index in [1.54, 1.807) is 0 Å². The van der Waals surface area contributed by atoms with Crippen LogP contribution in [0, 0.1) is 0 Å². The molecular weight excluding hydrogens is 346 g/mol. The van der Waals surface area contributed by atoms with E-state index in [1.165, 1.54) is 16.7 Å². The van der Waals surface area contributed by atoms with Gasteiger partial charge in [-0.1, -0.05) is 45.9 Å². The van der Waals surface area contributed by atoms with Crippen molar-refractivity contribution in [3.05, 3.63) is 59.4 Å². The Morgan fingerprint density at radius 2 is 1.50 bits per heavy atom. The summed E-state index contributed by atoms with van der Waals surface area (Å²) < 4.78 is 0. The van der Waals surface area contributed by atoms with Gasteiger partial charge in [-0.2, -0.15) is 0 Å². The van der Waals surface area contributed by atoms with Crippen LogP contribution in [0.15, 0.2) is 42.7 Å². The number of rotatable bonds is 5. The van der Waals surface area contributed by atoms with Crippen LogP contribution < -0.4 is 10.6 Å². The molecule has 4 heteroatoms. The number of aromatic nitrogens is 1. The maximum atomic E-state index is 12.8. The minimum Gasteiger partial charge on any atom is -0.335 e. The average Bonchev–Trinajstić information content (AvgIpc) is 2.69. The topological polar surface area (TPSA) is 54.0 Å². The Bertz CT molecular complexity index is 751. The highest BCUT2D eigenvalue weighted by atomic mass is 16.2. The van der Waals surface area contributed by atoms with Gasteiger partial charge >= 0.3 is 6.03 Å². The number of hydrogen-bond acceptors (Lipinski definition) is 2. The third-order valence-electron chi connectivity index (χ3n) is 5.85. The Labute approximate surface area is 169 Å². The Morgan fingerprint density at radius 1 is 0.929 bits per heavy atom. The molecule has 0 unspecified atom stereocenters. The van der Waals surface area contributed by atoms with E-state index in [0.717, 1.165) is 31.4 Å². The number of hydrogen-bond donors (Lipinski definition) is 2. The molecule has 3 rings (SSSR count). The highest BCUT2D eigenvalue weighted by Gasteiger charge is 2.24. The molecule has 0 spiro atoms. The lowest BCUT2D eigenvalue weighted by atomic mass is 9.82. The molecule has 0 saturated heterocycles. The molecule has 1 aliphatic carbocycles. The molecule has 0 aliphatic heterocycles. The first-order valence-corrected chi connectivity index (χ1v) is 10.6. The Morgan fingerprint density at radius 3 is 2.04 bits per heavy atom. The van der Waals surface area contributed by atoms with Gasteiger partial charge in [0.05, 0.1) is 0 Å². The van der Waals surface area contributed by atoms with E-state index in [2.05, 4.69) is 73.6 Å². The zero-order chi connectivity index (χ0) is 20.1. The zero-order valence-electron chi connectivity index (χ0n) is 17.5. The van der Waals surface area contributed by atoms with Gasteiger partial charge in [-0.15, -0.1) is 0 Å². The summed E-state index contributed by atoms with van der Waals surface area (Å²) in [6.45, 7) is 8.68. The molecule has 0 atom stereocenters. The number of nitrogens with one attached hydrogen (secondary N) is 2. The molecule has 4 nitrogen and oxygen atoms in total. The van der Waals surface area contributed by atoms with Gasteiger partial charge in [0, 0.05) is 24.1 Å². The smallest absolute Gasteiger partial charge is 0.319 e. The maximum Gasteiger partial charge on any atom is 0.319 e. The number of benzene rings is 1. The van der Waals surface area contributed by atoms with Crippen LogP contribution in [0.1, 0.15) is 87.8 Å². The van der Waals surface area contributed by atoms with E-state index in [0.29, 0.717) is 17.8 Å². The maximum absolute atomic E-state index is 12.8. The van der Waals surface area contributed by atoms with Crippen LogP contribution in [-0.2, 0) is 0 Å². The van der Waals surface area contributed by atoms with Crippen molar-refractivity contribution >= 4 is 11.7 Å². The molecule has 1 aromatic carbocycles. The quantitative estimate of drug-likeness (QED) is 0.652. The number of carbonyl (C=O) groups excluding carboxylic acids is 1. The number of pyridine rings is 1. The number of amides is 2. The fourth-order valence-electron chi connectivity index (χ4n) is 4.24. The summed E-state index contributed by atoms with van der Waals surface area (Å²) in [6, 6.07) is 10.7. The molecule has 150 valence electrons. The zero-order valence-corrected chi connectivity index (χ0v) is 17.5. The number of urea groups is 1. The molecule has 1 aliphatic rings. The van der Waals surface area contributed by atoms with E-state index >= 15 is 0 Å². The lowest BCUT2D eigenvalue weighted by molar-refractivity contribution is 0.242. The lowest BCUT2D eigenvalue weighted by Crippen LogP contribution is -2.40. The summed E-state index contributed by atoms with van der Waals surface area (Å²) >= 11 is 0. The van der Waals surface area contributed by atoms with Crippen molar-refractivity contribution in [3.63, 3.8) is 0 Å². The van der Waals surface area contributed by atoms with Gasteiger partial charge in [-0.05, 0) is 72.3 Å². The van der Waals surface area contributed by atoms with Gasteiger partial charge in [-0.25, -0.2) is 4.79 Å². The summed E-state index contributed by atoms with van der Waals surface area (Å²) in [7, 11) is 0. The molecule has 2 N–H and O–H groups in total. The molecule has 1 fully saturated rings. The first kappa shape index (κ1) is 20.4. The van der Waals surface area contributed by atoms with Crippen molar-refractivity contribution in [2.24, 2.45) is 0 Å².